The Morgan fingerprint density at radius 3 is 1.62 bits per heavy atom. The fourth-order valence-corrected chi connectivity index (χ4v) is 6.22. The summed E-state index contributed by atoms with van der Waals surface area (Å²) in [7, 11) is 0. The molecule has 4 aliphatic rings. The van der Waals surface area contributed by atoms with Crippen molar-refractivity contribution in [1.82, 2.24) is 5.32 Å². The number of nitrogens with two attached hydrogens (primary N) is 2. The van der Waals surface area contributed by atoms with Gasteiger partial charge in [-0.3, -0.25) is 4.79 Å². The van der Waals surface area contributed by atoms with Gasteiger partial charge in [0.2, 0.25) is 5.91 Å². The molecule has 280 valence electrons. The number of rotatable bonds is 11. The molecule has 4 saturated heterocycles. The van der Waals surface area contributed by atoms with E-state index in [0.717, 1.165) is 6.92 Å². The van der Waals surface area contributed by atoms with Gasteiger partial charge in [0.15, 0.2) is 25.2 Å². The predicted molar refractivity (Wildman–Crippen MR) is 153 cm³/mol. The Labute approximate surface area is 274 Å². The van der Waals surface area contributed by atoms with Crippen LogP contribution in [0.2, 0.25) is 0 Å². The van der Waals surface area contributed by atoms with E-state index in [2.05, 4.69) is 5.32 Å². The number of ether oxygens (including phenoxy) is 7. The third-order valence-corrected chi connectivity index (χ3v) is 9.11. The molecule has 0 bridgehead atoms. The molecule has 0 saturated carbocycles. The van der Waals surface area contributed by atoms with Gasteiger partial charge >= 0.3 is 0 Å². The number of aliphatic hydroxyl groups excluding tert-OH is 10. The lowest BCUT2D eigenvalue weighted by molar-refractivity contribution is -0.366. The normalized spacial score (nSPS) is 50.2. The molecule has 21 heteroatoms. The average Bonchev–Trinajstić information content (AvgIpc) is 3.06. The van der Waals surface area contributed by atoms with Crippen molar-refractivity contribution in [3.05, 3.63) is 0 Å². The summed E-state index contributed by atoms with van der Waals surface area (Å²) in [5.41, 5.74) is 11.7. The highest BCUT2D eigenvalue weighted by atomic mass is 16.8. The average molecular weight is 704 g/mol. The van der Waals surface area contributed by atoms with Crippen molar-refractivity contribution in [2.75, 3.05) is 26.4 Å². The first kappa shape index (κ1) is 39.5. The van der Waals surface area contributed by atoms with Crippen LogP contribution < -0.4 is 16.8 Å². The van der Waals surface area contributed by atoms with Gasteiger partial charge in [-0.2, -0.15) is 0 Å². The molecule has 48 heavy (non-hydrogen) atoms. The molecule has 20 atom stereocenters. The van der Waals surface area contributed by atoms with Crippen LogP contribution in [0.4, 0.5) is 0 Å². The first-order valence-corrected chi connectivity index (χ1v) is 15.6. The summed E-state index contributed by atoms with van der Waals surface area (Å²) in [6.07, 6.45) is -23.4. The van der Waals surface area contributed by atoms with Crippen LogP contribution >= 0.6 is 0 Å². The lowest BCUT2D eigenvalue weighted by Gasteiger charge is -2.50. The topological polar surface area (TPSA) is 348 Å². The van der Waals surface area contributed by atoms with Crippen LogP contribution in [0.3, 0.4) is 0 Å². The third-order valence-electron chi connectivity index (χ3n) is 9.11. The second kappa shape index (κ2) is 16.8. The zero-order valence-electron chi connectivity index (χ0n) is 26.3. The number of carbonyl (C=O) groups excluding carboxylic acids is 1. The van der Waals surface area contributed by atoms with Crippen LogP contribution in [-0.4, -0.2) is 200 Å². The molecule has 0 aromatic rings. The van der Waals surface area contributed by atoms with Gasteiger partial charge in [-0.25, -0.2) is 0 Å². The van der Waals surface area contributed by atoms with E-state index < -0.39 is 155 Å². The maximum Gasteiger partial charge on any atom is 0.217 e. The maximum absolute atomic E-state index is 12.2. The van der Waals surface area contributed by atoms with E-state index in [1.54, 1.807) is 0 Å². The van der Waals surface area contributed by atoms with Gasteiger partial charge in [-0.15, -0.1) is 0 Å². The van der Waals surface area contributed by atoms with Crippen molar-refractivity contribution in [2.45, 2.75) is 130 Å². The minimum Gasteiger partial charge on any atom is -0.394 e. The largest absolute Gasteiger partial charge is 0.394 e. The molecule has 0 aromatic heterocycles. The highest BCUT2D eigenvalue weighted by molar-refractivity contribution is 5.73. The van der Waals surface area contributed by atoms with E-state index in [-0.39, 0.29) is 0 Å². The Balaban J connectivity index is 1.51. The Kier molecular flexibility index (Phi) is 13.8. The van der Waals surface area contributed by atoms with E-state index in [9.17, 15) is 55.9 Å². The molecule has 0 aliphatic carbocycles. The van der Waals surface area contributed by atoms with Crippen LogP contribution in [0.15, 0.2) is 0 Å². The van der Waals surface area contributed by atoms with Gasteiger partial charge in [-0.1, -0.05) is 6.92 Å². The van der Waals surface area contributed by atoms with E-state index >= 15 is 0 Å². The molecule has 15 N–H and O–H groups in total. The lowest BCUT2D eigenvalue weighted by atomic mass is 9.91. The molecule has 4 fully saturated rings. The van der Waals surface area contributed by atoms with Gasteiger partial charge in [-0.05, 0) is 0 Å². The quantitative estimate of drug-likeness (QED) is 0.0950. The molecule has 8 unspecified atom stereocenters. The minimum absolute atomic E-state index is 0.655. The molecule has 0 radical (unpaired) electrons. The summed E-state index contributed by atoms with van der Waals surface area (Å²) in [4.78, 5) is 12.2. The van der Waals surface area contributed by atoms with Crippen molar-refractivity contribution in [2.24, 2.45) is 17.4 Å². The number of hydrogen-bond acceptors (Lipinski definition) is 20. The Hall–Kier alpha value is -1.29. The molecule has 1 amide bonds. The number of aliphatic hydroxyl groups is 10. The molecular weight excluding hydrogens is 654 g/mol. The highest BCUT2D eigenvalue weighted by Gasteiger charge is 2.54. The highest BCUT2D eigenvalue weighted by Crippen LogP contribution is 2.35. The number of nitrogens with one attached hydrogen (secondary N) is 1. The number of amides is 1. The zero-order chi connectivity index (χ0) is 35.6. The second-order valence-corrected chi connectivity index (χ2v) is 12.4. The summed E-state index contributed by atoms with van der Waals surface area (Å²) in [5, 5.41) is 106. The second-order valence-electron chi connectivity index (χ2n) is 12.4. The fourth-order valence-electron chi connectivity index (χ4n) is 6.22. The van der Waals surface area contributed by atoms with Crippen molar-refractivity contribution in [1.29, 1.82) is 0 Å². The SMILES string of the molecule is CC(=O)NC1[C@H](O[C@@H]2C(CO)O[C@@H](O[C@@H]3C(CO)O[C@@H](O)C(N)[C@H]3O)C(C)[C@H]2O)OC(CO)[C@@H](O[C@@H]2OC(CO)[C@@H](O)[C@H](O)C2N)[C@@H]1O. The Morgan fingerprint density at radius 2 is 1.06 bits per heavy atom. The fraction of sp³-hybridized carbons (Fsp3) is 0.963. The van der Waals surface area contributed by atoms with E-state index in [1.807, 2.05) is 0 Å². The van der Waals surface area contributed by atoms with Crippen LogP contribution in [-0.2, 0) is 38.0 Å². The summed E-state index contributed by atoms with van der Waals surface area (Å²) >= 11 is 0. The summed E-state index contributed by atoms with van der Waals surface area (Å²) in [6, 6.07) is -4.11. The minimum atomic E-state index is -1.72. The maximum atomic E-state index is 12.2. The monoisotopic (exact) mass is 703 g/mol. The van der Waals surface area contributed by atoms with Gasteiger partial charge in [0.25, 0.3) is 0 Å². The summed E-state index contributed by atoms with van der Waals surface area (Å²) < 4.78 is 40.1. The smallest absolute Gasteiger partial charge is 0.217 e. The number of carbonyl (C=O) groups is 1. The molecule has 4 heterocycles. The zero-order valence-corrected chi connectivity index (χ0v) is 26.3. The van der Waals surface area contributed by atoms with Crippen molar-refractivity contribution in [3.8, 4) is 0 Å². The van der Waals surface area contributed by atoms with Crippen molar-refractivity contribution >= 4 is 5.91 Å². The summed E-state index contributed by atoms with van der Waals surface area (Å²) in [5.74, 6) is -1.62. The number of hydrogen-bond donors (Lipinski definition) is 13. The third kappa shape index (κ3) is 8.10. The van der Waals surface area contributed by atoms with Gasteiger partial charge in [0, 0.05) is 12.8 Å². The van der Waals surface area contributed by atoms with Gasteiger partial charge in [0.1, 0.15) is 73.2 Å². The first-order valence-electron chi connectivity index (χ1n) is 15.6. The van der Waals surface area contributed by atoms with Crippen LogP contribution in [0.25, 0.3) is 0 Å². The molecule has 4 rings (SSSR count). The summed E-state index contributed by atoms with van der Waals surface area (Å²) in [6.45, 7) is -0.313. The molecular formula is C27H49N3O18. The molecule has 0 aromatic carbocycles. The van der Waals surface area contributed by atoms with Gasteiger partial charge < -0.3 is 101 Å². The van der Waals surface area contributed by atoms with E-state index in [1.165, 1.54) is 6.92 Å². The molecule has 4 aliphatic heterocycles. The Morgan fingerprint density at radius 1 is 0.604 bits per heavy atom. The lowest BCUT2D eigenvalue weighted by Crippen LogP contribution is -2.69. The molecule has 0 spiro atoms. The van der Waals surface area contributed by atoms with Crippen molar-refractivity contribution < 1.29 is 89.0 Å². The van der Waals surface area contributed by atoms with Gasteiger partial charge in [0.05, 0.1) is 44.6 Å². The van der Waals surface area contributed by atoms with Crippen LogP contribution in [0.1, 0.15) is 13.8 Å². The van der Waals surface area contributed by atoms with E-state index in [4.69, 9.17) is 44.6 Å². The van der Waals surface area contributed by atoms with Crippen molar-refractivity contribution in [3.63, 3.8) is 0 Å². The van der Waals surface area contributed by atoms with E-state index in [0.29, 0.717) is 0 Å². The standard InChI is InChI=1S/C27H49N3O18/c1-7-16(36)21(11(5-33)44-25(7)46-22-10(4-32)42-24(41)13(28)19(22)39)48-27-15(30-8(2)35)20(40)23(12(6-34)45-27)47-26-14(29)18(38)17(37)9(3-31)43-26/h7,9-27,31-34,36-41H,3-6,28-29H2,1-2H3,(H,30,35)/t7?,9?,10?,11?,12?,13?,14?,15?,16-,17-,18-,19-,20-,21-,22-,23-,24-,25+,26+,27+/m1/s1. The van der Waals surface area contributed by atoms with Crippen LogP contribution in [0, 0.1) is 5.92 Å². The van der Waals surface area contributed by atoms with Crippen LogP contribution in [0.5, 0.6) is 0 Å². The Bertz CT molecular complexity index is 1030. The predicted octanol–water partition coefficient (Wildman–Crippen LogP) is -8.40. The molecule has 21 nitrogen and oxygen atoms in total. The first-order chi connectivity index (χ1) is 22.7.